The first-order chi connectivity index (χ1) is 9.11. The maximum Gasteiger partial charge on any atom is 0.263 e. The molecule has 19 heavy (non-hydrogen) atoms. The zero-order valence-electron chi connectivity index (χ0n) is 10.9. The van der Waals surface area contributed by atoms with Crippen LogP contribution in [0.15, 0.2) is 36.7 Å². The number of benzene rings is 1. The molecule has 0 aliphatic rings. The Morgan fingerprint density at radius 1 is 1.37 bits per heavy atom. The van der Waals surface area contributed by atoms with Gasteiger partial charge in [0, 0.05) is 37.0 Å². The van der Waals surface area contributed by atoms with Crippen molar-refractivity contribution >= 4 is 17.5 Å². The molecule has 1 aromatic heterocycles. The van der Waals surface area contributed by atoms with E-state index < -0.39 is 0 Å². The molecule has 1 aromatic carbocycles. The zero-order chi connectivity index (χ0) is 13.8. The predicted molar refractivity (Wildman–Crippen MR) is 72.1 cm³/mol. The lowest BCUT2D eigenvalue weighted by Crippen LogP contribution is -2.15. The highest BCUT2D eigenvalue weighted by molar-refractivity contribution is 5.98. The Bertz CT molecular complexity index is 617. The molecule has 2 rings (SSSR count). The summed E-state index contributed by atoms with van der Waals surface area (Å²) in [6.07, 6.45) is 3.94. The van der Waals surface area contributed by atoms with Gasteiger partial charge in [0.25, 0.3) is 5.91 Å². The summed E-state index contributed by atoms with van der Waals surface area (Å²) < 4.78 is 1.52. The molecule has 5 nitrogen and oxygen atoms in total. The third-order valence-electron chi connectivity index (χ3n) is 2.68. The summed E-state index contributed by atoms with van der Waals surface area (Å²) in [5, 5.41) is 2.66. The Morgan fingerprint density at radius 2 is 2.16 bits per heavy atom. The van der Waals surface area contributed by atoms with Crippen molar-refractivity contribution in [3.63, 3.8) is 0 Å². The van der Waals surface area contributed by atoms with E-state index in [0.29, 0.717) is 17.7 Å². The quantitative estimate of drug-likeness (QED) is 0.915. The molecule has 0 spiro atoms. The average molecular weight is 257 g/mol. The summed E-state index contributed by atoms with van der Waals surface area (Å²) in [6.45, 7) is 3.37. The first kappa shape index (κ1) is 13.0. The van der Waals surface area contributed by atoms with Gasteiger partial charge in [0.2, 0.25) is 5.91 Å². The highest BCUT2D eigenvalue weighted by atomic mass is 16.2. The van der Waals surface area contributed by atoms with Crippen molar-refractivity contribution in [3.8, 4) is 0 Å². The third-order valence-corrected chi connectivity index (χ3v) is 2.68. The molecule has 0 fully saturated rings. The second kappa shape index (κ2) is 5.48. The fraction of sp³-hybridized carbons (Fsp3) is 0.214. The number of hydrogen-bond donors (Lipinski definition) is 1. The van der Waals surface area contributed by atoms with Gasteiger partial charge in [0.1, 0.15) is 5.82 Å². The van der Waals surface area contributed by atoms with Crippen molar-refractivity contribution in [3.05, 3.63) is 48.0 Å². The van der Waals surface area contributed by atoms with E-state index in [1.54, 1.807) is 36.7 Å². The number of amides is 1. The molecule has 1 amide bonds. The van der Waals surface area contributed by atoms with Crippen LogP contribution in [0.4, 0.5) is 5.69 Å². The summed E-state index contributed by atoms with van der Waals surface area (Å²) >= 11 is 0. The minimum Gasteiger partial charge on any atom is -0.326 e. The van der Waals surface area contributed by atoms with Crippen molar-refractivity contribution in [2.45, 2.75) is 20.3 Å². The minimum absolute atomic E-state index is 0.151. The Hall–Kier alpha value is -2.43. The number of hydrogen-bond acceptors (Lipinski definition) is 3. The summed E-state index contributed by atoms with van der Waals surface area (Å²) in [5.74, 6) is 0.401. The van der Waals surface area contributed by atoms with E-state index >= 15 is 0 Å². The standard InChI is InChI=1S/C14H15N3O2/c1-3-13-15-7-8-17(13)14(19)11-5-4-6-12(9-11)16-10(2)18/h4-9H,3H2,1-2H3,(H,16,18). The molecule has 98 valence electrons. The van der Waals surface area contributed by atoms with E-state index in [1.807, 2.05) is 6.92 Å². The first-order valence-corrected chi connectivity index (χ1v) is 6.06. The Balaban J connectivity index is 2.31. The van der Waals surface area contributed by atoms with Crippen LogP contribution in [0, 0.1) is 0 Å². The molecule has 0 aliphatic heterocycles. The minimum atomic E-state index is -0.165. The molecule has 1 heterocycles. The van der Waals surface area contributed by atoms with Gasteiger partial charge >= 0.3 is 0 Å². The molecule has 0 bridgehead atoms. The highest BCUT2D eigenvalue weighted by Crippen LogP contribution is 2.13. The van der Waals surface area contributed by atoms with Crippen LogP contribution in [0.1, 0.15) is 30.0 Å². The molecule has 1 N–H and O–H groups in total. The van der Waals surface area contributed by atoms with Crippen LogP contribution in [0.2, 0.25) is 0 Å². The van der Waals surface area contributed by atoms with Crippen LogP contribution in [0.25, 0.3) is 0 Å². The summed E-state index contributed by atoms with van der Waals surface area (Å²) in [7, 11) is 0. The average Bonchev–Trinajstić information content (AvgIpc) is 2.85. The predicted octanol–water partition coefficient (Wildman–Crippen LogP) is 2.09. The van der Waals surface area contributed by atoms with E-state index in [9.17, 15) is 9.59 Å². The maximum atomic E-state index is 12.3. The number of nitrogens with one attached hydrogen (secondary N) is 1. The van der Waals surface area contributed by atoms with E-state index in [-0.39, 0.29) is 11.8 Å². The van der Waals surface area contributed by atoms with Crippen molar-refractivity contribution in [1.82, 2.24) is 9.55 Å². The van der Waals surface area contributed by atoms with Gasteiger partial charge in [-0.25, -0.2) is 4.98 Å². The molecule has 5 heteroatoms. The van der Waals surface area contributed by atoms with Crippen molar-refractivity contribution in [1.29, 1.82) is 0 Å². The Kier molecular flexibility index (Phi) is 3.75. The zero-order valence-corrected chi connectivity index (χ0v) is 10.9. The van der Waals surface area contributed by atoms with Gasteiger partial charge < -0.3 is 5.32 Å². The third kappa shape index (κ3) is 2.88. The molecule has 0 aliphatic carbocycles. The number of aryl methyl sites for hydroxylation is 1. The van der Waals surface area contributed by atoms with Crippen LogP contribution in [0.5, 0.6) is 0 Å². The lowest BCUT2D eigenvalue weighted by molar-refractivity contribution is -0.114. The van der Waals surface area contributed by atoms with Crippen LogP contribution in [0.3, 0.4) is 0 Å². The second-order valence-electron chi connectivity index (χ2n) is 4.13. The van der Waals surface area contributed by atoms with Gasteiger partial charge in [-0.3, -0.25) is 14.2 Å². The van der Waals surface area contributed by atoms with Crippen molar-refractivity contribution in [2.75, 3.05) is 5.32 Å². The Labute approximate surface area is 111 Å². The van der Waals surface area contributed by atoms with Crippen LogP contribution in [-0.2, 0) is 11.2 Å². The number of aromatic nitrogens is 2. The lowest BCUT2D eigenvalue weighted by Gasteiger charge is -2.07. The maximum absolute atomic E-state index is 12.3. The monoisotopic (exact) mass is 257 g/mol. The number of carbonyl (C=O) groups excluding carboxylic acids is 2. The van der Waals surface area contributed by atoms with Gasteiger partial charge in [0.15, 0.2) is 0 Å². The largest absolute Gasteiger partial charge is 0.326 e. The fourth-order valence-electron chi connectivity index (χ4n) is 1.85. The summed E-state index contributed by atoms with van der Waals surface area (Å²) in [6, 6.07) is 6.85. The molecule has 2 aromatic rings. The number of rotatable bonds is 3. The Morgan fingerprint density at radius 3 is 2.84 bits per heavy atom. The van der Waals surface area contributed by atoms with Gasteiger partial charge in [-0.2, -0.15) is 0 Å². The van der Waals surface area contributed by atoms with E-state index in [4.69, 9.17) is 0 Å². The summed E-state index contributed by atoms with van der Waals surface area (Å²) in [5.41, 5.74) is 1.12. The number of imidazole rings is 1. The van der Waals surface area contributed by atoms with Crippen molar-refractivity contribution in [2.24, 2.45) is 0 Å². The fourth-order valence-corrected chi connectivity index (χ4v) is 1.85. The van der Waals surface area contributed by atoms with Gasteiger partial charge in [-0.05, 0) is 18.2 Å². The molecular weight excluding hydrogens is 242 g/mol. The van der Waals surface area contributed by atoms with Crippen LogP contribution >= 0.6 is 0 Å². The molecule has 0 radical (unpaired) electrons. The first-order valence-electron chi connectivity index (χ1n) is 6.06. The van der Waals surface area contributed by atoms with Crippen LogP contribution < -0.4 is 5.32 Å². The van der Waals surface area contributed by atoms with E-state index in [2.05, 4.69) is 10.3 Å². The lowest BCUT2D eigenvalue weighted by atomic mass is 10.2. The van der Waals surface area contributed by atoms with E-state index in [1.165, 1.54) is 11.5 Å². The molecular formula is C14H15N3O2. The molecule has 0 unspecified atom stereocenters. The van der Waals surface area contributed by atoms with Crippen LogP contribution in [-0.4, -0.2) is 21.4 Å². The number of anilines is 1. The number of carbonyl (C=O) groups is 2. The SMILES string of the molecule is CCc1nccn1C(=O)c1cccc(NC(C)=O)c1. The smallest absolute Gasteiger partial charge is 0.263 e. The van der Waals surface area contributed by atoms with Gasteiger partial charge in [0.05, 0.1) is 0 Å². The second-order valence-corrected chi connectivity index (χ2v) is 4.13. The molecule has 0 saturated heterocycles. The number of nitrogens with zero attached hydrogens (tertiary/aromatic N) is 2. The summed E-state index contributed by atoms with van der Waals surface area (Å²) in [4.78, 5) is 27.5. The van der Waals surface area contributed by atoms with Crippen molar-refractivity contribution < 1.29 is 9.59 Å². The van der Waals surface area contributed by atoms with Gasteiger partial charge in [-0.1, -0.05) is 13.0 Å². The topological polar surface area (TPSA) is 64.0 Å². The van der Waals surface area contributed by atoms with Gasteiger partial charge in [-0.15, -0.1) is 0 Å². The molecule has 0 atom stereocenters. The highest BCUT2D eigenvalue weighted by Gasteiger charge is 2.12. The van der Waals surface area contributed by atoms with E-state index in [0.717, 1.165) is 5.82 Å². The molecule has 0 saturated carbocycles. The normalized spacial score (nSPS) is 10.2.